The third-order valence-corrected chi connectivity index (χ3v) is 4.32. The number of rotatable bonds is 4. The average molecular weight is 317 g/mol. The van der Waals surface area contributed by atoms with E-state index in [-0.39, 0.29) is 24.1 Å². The Bertz CT molecular complexity index is 567. The summed E-state index contributed by atoms with van der Waals surface area (Å²) in [5.41, 5.74) is 2.04. The molecule has 2 heterocycles. The number of hydrogen-bond donors (Lipinski definition) is 2. The Morgan fingerprint density at radius 2 is 2.13 bits per heavy atom. The van der Waals surface area contributed by atoms with E-state index < -0.39 is 0 Å². The second kappa shape index (κ2) is 7.00. The third kappa shape index (κ3) is 4.01. The molecule has 2 aliphatic rings. The van der Waals surface area contributed by atoms with Crippen LogP contribution in [0.25, 0.3) is 0 Å². The van der Waals surface area contributed by atoms with Gasteiger partial charge in [0.25, 0.3) is 0 Å². The minimum atomic E-state index is -0.232. The smallest absolute Gasteiger partial charge is 0.315 e. The van der Waals surface area contributed by atoms with E-state index in [4.69, 9.17) is 4.74 Å². The fourth-order valence-electron chi connectivity index (χ4n) is 3.03. The van der Waals surface area contributed by atoms with E-state index in [0.717, 1.165) is 30.7 Å². The van der Waals surface area contributed by atoms with Gasteiger partial charge in [0.05, 0.1) is 12.1 Å². The lowest BCUT2D eigenvalue weighted by Gasteiger charge is -2.18. The Labute approximate surface area is 136 Å². The van der Waals surface area contributed by atoms with Gasteiger partial charge in [0.1, 0.15) is 0 Å². The van der Waals surface area contributed by atoms with Gasteiger partial charge in [0.2, 0.25) is 5.91 Å². The van der Waals surface area contributed by atoms with Gasteiger partial charge < -0.3 is 20.3 Å². The van der Waals surface area contributed by atoms with Crippen LogP contribution in [-0.2, 0) is 9.53 Å². The molecule has 2 aliphatic heterocycles. The minimum absolute atomic E-state index is 0.0401. The van der Waals surface area contributed by atoms with Crippen molar-refractivity contribution in [3.8, 4) is 0 Å². The maximum atomic E-state index is 12.2. The zero-order valence-corrected chi connectivity index (χ0v) is 13.4. The number of anilines is 1. The van der Waals surface area contributed by atoms with E-state index in [1.165, 1.54) is 0 Å². The Morgan fingerprint density at radius 1 is 1.35 bits per heavy atom. The third-order valence-electron chi connectivity index (χ3n) is 4.32. The molecule has 23 heavy (non-hydrogen) atoms. The van der Waals surface area contributed by atoms with Gasteiger partial charge in [-0.25, -0.2) is 4.79 Å². The molecule has 0 aliphatic carbocycles. The van der Waals surface area contributed by atoms with Crippen LogP contribution in [0, 0.1) is 6.92 Å². The lowest BCUT2D eigenvalue weighted by Crippen LogP contribution is -2.45. The maximum absolute atomic E-state index is 12.2. The predicted octanol–water partition coefficient (Wildman–Crippen LogP) is 1.58. The molecule has 2 atom stereocenters. The van der Waals surface area contributed by atoms with E-state index in [0.29, 0.717) is 19.5 Å². The van der Waals surface area contributed by atoms with Gasteiger partial charge in [0, 0.05) is 31.8 Å². The number of carbonyl (C=O) groups is 2. The van der Waals surface area contributed by atoms with E-state index >= 15 is 0 Å². The molecule has 0 saturated carbocycles. The van der Waals surface area contributed by atoms with Crippen molar-refractivity contribution in [2.24, 2.45) is 0 Å². The van der Waals surface area contributed by atoms with E-state index in [1.54, 1.807) is 4.90 Å². The summed E-state index contributed by atoms with van der Waals surface area (Å²) in [6, 6.07) is 7.45. The Kier molecular flexibility index (Phi) is 4.81. The molecule has 124 valence electrons. The van der Waals surface area contributed by atoms with Gasteiger partial charge in [-0.05, 0) is 31.9 Å². The number of amides is 3. The summed E-state index contributed by atoms with van der Waals surface area (Å²) in [6.45, 7) is 3.82. The number of nitrogens with one attached hydrogen (secondary N) is 2. The summed E-state index contributed by atoms with van der Waals surface area (Å²) in [6.07, 6.45) is 2.50. The molecule has 2 N–H and O–H groups in total. The quantitative estimate of drug-likeness (QED) is 0.886. The summed E-state index contributed by atoms with van der Waals surface area (Å²) in [7, 11) is 0. The average Bonchev–Trinajstić information content (AvgIpc) is 3.16. The van der Waals surface area contributed by atoms with Crippen LogP contribution in [0.1, 0.15) is 24.8 Å². The van der Waals surface area contributed by atoms with Crippen molar-refractivity contribution in [1.82, 2.24) is 10.6 Å². The van der Waals surface area contributed by atoms with Crippen molar-refractivity contribution in [3.63, 3.8) is 0 Å². The maximum Gasteiger partial charge on any atom is 0.315 e. The molecule has 0 unspecified atom stereocenters. The Morgan fingerprint density at radius 3 is 2.83 bits per heavy atom. The molecule has 3 rings (SSSR count). The van der Waals surface area contributed by atoms with Crippen molar-refractivity contribution in [2.75, 3.05) is 24.6 Å². The molecule has 2 fully saturated rings. The van der Waals surface area contributed by atoms with E-state index in [9.17, 15) is 9.59 Å². The first-order chi connectivity index (χ1) is 11.1. The highest BCUT2D eigenvalue weighted by atomic mass is 16.5. The zero-order chi connectivity index (χ0) is 16.2. The van der Waals surface area contributed by atoms with Crippen LogP contribution in [0.3, 0.4) is 0 Å². The molecule has 3 amide bonds. The lowest BCUT2D eigenvalue weighted by molar-refractivity contribution is -0.117. The molecule has 0 bridgehead atoms. The van der Waals surface area contributed by atoms with Crippen molar-refractivity contribution in [2.45, 2.75) is 38.3 Å². The normalized spacial score (nSPS) is 24.0. The predicted molar refractivity (Wildman–Crippen MR) is 87.4 cm³/mol. The number of nitrogens with zero attached hydrogens (tertiary/aromatic N) is 1. The van der Waals surface area contributed by atoms with Gasteiger partial charge in [-0.15, -0.1) is 0 Å². The second-order valence-corrected chi connectivity index (χ2v) is 6.23. The van der Waals surface area contributed by atoms with Crippen molar-refractivity contribution >= 4 is 17.6 Å². The Balaban J connectivity index is 1.48. The summed E-state index contributed by atoms with van der Waals surface area (Å²) in [5, 5.41) is 5.70. The molecular weight excluding hydrogens is 294 g/mol. The zero-order valence-electron chi connectivity index (χ0n) is 13.4. The number of carbonyl (C=O) groups excluding carboxylic acids is 2. The molecule has 6 nitrogen and oxygen atoms in total. The number of hydrogen-bond acceptors (Lipinski definition) is 3. The molecular formula is C17H23N3O3. The first-order valence-corrected chi connectivity index (χ1v) is 8.15. The van der Waals surface area contributed by atoms with Gasteiger partial charge in [-0.3, -0.25) is 4.79 Å². The summed E-state index contributed by atoms with van der Waals surface area (Å²) >= 11 is 0. The van der Waals surface area contributed by atoms with Crippen molar-refractivity contribution < 1.29 is 14.3 Å². The first-order valence-electron chi connectivity index (χ1n) is 8.15. The molecule has 2 saturated heterocycles. The minimum Gasteiger partial charge on any atom is -0.376 e. The fraction of sp³-hybridized carbons (Fsp3) is 0.529. The van der Waals surface area contributed by atoms with Gasteiger partial charge in [-0.2, -0.15) is 0 Å². The number of ether oxygens (including phenoxy) is 1. The number of urea groups is 1. The topological polar surface area (TPSA) is 70.7 Å². The van der Waals surface area contributed by atoms with E-state index in [1.807, 2.05) is 31.2 Å². The standard InChI is InChI=1S/C17H23N3O3/c1-12-4-6-14(7-5-12)20-11-13(9-16(20)21)19-17(22)18-10-15-3-2-8-23-15/h4-7,13,15H,2-3,8-11H2,1H3,(H2,18,19,22)/t13-,15+/m1/s1. The van der Waals surface area contributed by atoms with Crippen LogP contribution in [0.4, 0.5) is 10.5 Å². The molecule has 1 aromatic carbocycles. The summed E-state index contributed by atoms with van der Waals surface area (Å²) in [5.74, 6) is 0.0401. The number of aryl methyl sites for hydroxylation is 1. The van der Waals surface area contributed by atoms with Crippen LogP contribution < -0.4 is 15.5 Å². The van der Waals surface area contributed by atoms with E-state index in [2.05, 4.69) is 10.6 Å². The van der Waals surface area contributed by atoms with Crippen LogP contribution in [0.15, 0.2) is 24.3 Å². The molecule has 0 aromatic heterocycles. The van der Waals surface area contributed by atoms with Crippen molar-refractivity contribution in [1.29, 1.82) is 0 Å². The monoisotopic (exact) mass is 317 g/mol. The van der Waals surface area contributed by atoms with Gasteiger partial charge in [-0.1, -0.05) is 17.7 Å². The largest absolute Gasteiger partial charge is 0.376 e. The highest BCUT2D eigenvalue weighted by Crippen LogP contribution is 2.21. The van der Waals surface area contributed by atoms with Crippen molar-refractivity contribution in [3.05, 3.63) is 29.8 Å². The van der Waals surface area contributed by atoms with Gasteiger partial charge >= 0.3 is 6.03 Å². The second-order valence-electron chi connectivity index (χ2n) is 6.23. The molecule has 6 heteroatoms. The number of benzene rings is 1. The SMILES string of the molecule is Cc1ccc(N2C[C@H](NC(=O)NC[C@@H]3CCCO3)CC2=O)cc1. The lowest BCUT2D eigenvalue weighted by atomic mass is 10.2. The Hall–Kier alpha value is -2.08. The molecule has 1 aromatic rings. The molecule has 0 radical (unpaired) electrons. The first kappa shape index (κ1) is 15.8. The summed E-state index contributed by atoms with van der Waals surface area (Å²) < 4.78 is 5.47. The summed E-state index contributed by atoms with van der Waals surface area (Å²) in [4.78, 5) is 25.8. The van der Waals surface area contributed by atoms with Crippen LogP contribution in [-0.4, -0.2) is 43.8 Å². The highest BCUT2D eigenvalue weighted by molar-refractivity contribution is 5.96. The highest BCUT2D eigenvalue weighted by Gasteiger charge is 2.31. The molecule has 0 spiro atoms. The van der Waals surface area contributed by atoms with Crippen LogP contribution in [0.5, 0.6) is 0 Å². The van der Waals surface area contributed by atoms with Crippen LogP contribution in [0.2, 0.25) is 0 Å². The fourth-order valence-corrected chi connectivity index (χ4v) is 3.03. The van der Waals surface area contributed by atoms with Crippen LogP contribution >= 0.6 is 0 Å². The van der Waals surface area contributed by atoms with Gasteiger partial charge in [0.15, 0.2) is 0 Å².